The maximum absolute atomic E-state index is 6.07. The van der Waals surface area contributed by atoms with Gasteiger partial charge in [-0.05, 0) is 53.0 Å². The molecule has 1 atom stereocenters. The maximum Gasteiger partial charge on any atom is 0.0551 e. The van der Waals surface area contributed by atoms with Crippen LogP contribution in [0.1, 0.15) is 18.4 Å². The van der Waals surface area contributed by atoms with E-state index < -0.39 is 0 Å². The molecule has 17 heavy (non-hydrogen) atoms. The van der Waals surface area contributed by atoms with Crippen LogP contribution in [0.5, 0.6) is 0 Å². The number of hydrogen-bond acceptors (Lipinski definition) is 2. The molecule has 1 aliphatic heterocycles. The standard InChI is InChI=1S/C12H16BrClN2.ClH/c13-11-4-3-9(6-12(11)14)7-16-5-1-2-10(15)8-16;/h3-4,6,10H,1-2,5,7-8,15H2;1H/t10-;/m1./s1. The molecule has 1 aliphatic rings. The second-order valence-electron chi connectivity index (χ2n) is 4.39. The molecule has 0 aromatic heterocycles. The molecule has 2 nitrogen and oxygen atoms in total. The second kappa shape index (κ2) is 6.95. The Balaban J connectivity index is 0.00000144. The fourth-order valence-electron chi connectivity index (χ4n) is 2.13. The molecule has 1 fully saturated rings. The minimum atomic E-state index is 0. The van der Waals surface area contributed by atoms with Gasteiger partial charge in [0.1, 0.15) is 0 Å². The summed E-state index contributed by atoms with van der Waals surface area (Å²) in [5.41, 5.74) is 7.21. The Bertz CT molecular complexity index is 374. The zero-order valence-electron chi connectivity index (χ0n) is 9.53. The molecule has 0 unspecified atom stereocenters. The lowest BCUT2D eigenvalue weighted by Gasteiger charge is -2.30. The van der Waals surface area contributed by atoms with Crippen molar-refractivity contribution < 1.29 is 0 Å². The largest absolute Gasteiger partial charge is 0.327 e. The van der Waals surface area contributed by atoms with Gasteiger partial charge >= 0.3 is 0 Å². The summed E-state index contributed by atoms with van der Waals surface area (Å²) < 4.78 is 0.952. The van der Waals surface area contributed by atoms with Crippen molar-refractivity contribution in [1.82, 2.24) is 4.90 Å². The third-order valence-electron chi connectivity index (χ3n) is 2.93. The molecule has 0 radical (unpaired) electrons. The van der Waals surface area contributed by atoms with Crippen molar-refractivity contribution in [1.29, 1.82) is 0 Å². The predicted octanol–water partition coefficient (Wildman–Crippen LogP) is 3.45. The van der Waals surface area contributed by atoms with Crippen molar-refractivity contribution in [3.05, 3.63) is 33.3 Å². The lowest BCUT2D eigenvalue weighted by atomic mass is 10.1. The molecule has 0 aliphatic carbocycles. The molecule has 0 saturated carbocycles. The number of piperidine rings is 1. The van der Waals surface area contributed by atoms with E-state index in [1.807, 2.05) is 12.1 Å². The molecule has 1 heterocycles. The van der Waals surface area contributed by atoms with Crippen LogP contribution in [0, 0.1) is 0 Å². The summed E-state index contributed by atoms with van der Waals surface area (Å²) in [7, 11) is 0. The SMILES string of the molecule is Cl.N[C@@H]1CCCN(Cc2ccc(Br)c(Cl)c2)C1. The first kappa shape index (κ1) is 15.3. The van der Waals surface area contributed by atoms with Crippen LogP contribution in [0.25, 0.3) is 0 Å². The van der Waals surface area contributed by atoms with Crippen molar-refractivity contribution >= 4 is 39.9 Å². The van der Waals surface area contributed by atoms with E-state index in [-0.39, 0.29) is 12.4 Å². The van der Waals surface area contributed by atoms with Crippen molar-refractivity contribution in [2.45, 2.75) is 25.4 Å². The quantitative estimate of drug-likeness (QED) is 0.894. The van der Waals surface area contributed by atoms with Crippen LogP contribution in [0.4, 0.5) is 0 Å². The topological polar surface area (TPSA) is 29.3 Å². The summed E-state index contributed by atoms with van der Waals surface area (Å²) in [6.45, 7) is 3.08. The van der Waals surface area contributed by atoms with Crippen LogP contribution in [0.3, 0.4) is 0 Å². The molecule has 2 rings (SSSR count). The van der Waals surface area contributed by atoms with E-state index in [0.717, 1.165) is 35.6 Å². The van der Waals surface area contributed by atoms with E-state index in [9.17, 15) is 0 Å². The van der Waals surface area contributed by atoms with Crippen LogP contribution in [0.15, 0.2) is 22.7 Å². The van der Waals surface area contributed by atoms with Crippen molar-refractivity contribution in [2.75, 3.05) is 13.1 Å². The molecule has 5 heteroatoms. The van der Waals surface area contributed by atoms with Gasteiger partial charge in [0.2, 0.25) is 0 Å². The van der Waals surface area contributed by atoms with Gasteiger partial charge in [0, 0.05) is 23.6 Å². The summed E-state index contributed by atoms with van der Waals surface area (Å²) >= 11 is 9.47. The molecule has 1 aromatic rings. The minimum absolute atomic E-state index is 0. The van der Waals surface area contributed by atoms with E-state index in [0.29, 0.717) is 6.04 Å². The third kappa shape index (κ3) is 4.42. The van der Waals surface area contributed by atoms with Gasteiger partial charge in [0.15, 0.2) is 0 Å². The van der Waals surface area contributed by atoms with Crippen LogP contribution < -0.4 is 5.73 Å². The highest BCUT2D eigenvalue weighted by Crippen LogP contribution is 2.24. The lowest BCUT2D eigenvalue weighted by Crippen LogP contribution is -2.42. The second-order valence-corrected chi connectivity index (χ2v) is 5.65. The Kier molecular flexibility index (Phi) is 6.24. The molecular formula is C12H17BrCl2N2. The van der Waals surface area contributed by atoms with Gasteiger partial charge in [0.25, 0.3) is 0 Å². The number of halogens is 3. The summed E-state index contributed by atoms with van der Waals surface area (Å²) in [6.07, 6.45) is 2.35. The smallest absolute Gasteiger partial charge is 0.0551 e. The van der Waals surface area contributed by atoms with Gasteiger partial charge in [-0.2, -0.15) is 0 Å². The van der Waals surface area contributed by atoms with Gasteiger partial charge in [-0.15, -0.1) is 12.4 Å². The van der Waals surface area contributed by atoms with Crippen molar-refractivity contribution in [2.24, 2.45) is 5.73 Å². The van der Waals surface area contributed by atoms with Gasteiger partial charge in [-0.1, -0.05) is 17.7 Å². The van der Waals surface area contributed by atoms with E-state index >= 15 is 0 Å². The Morgan fingerprint density at radius 2 is 2.24 bits per heavy atom. The van der Waals surface area contributed by atoms with Gasteiger partial charge < -0.3 is 5.73 Å². The number of nitrogens with zero attached hydrogens (tertiary/aromatic N) is 1. The van der Waals surface area contributed by atoms with E-state index in [4.69, 9.17) is 17.3 Å². The Hall–Kier alpha value is 0.200. The van der Waals surface area contributed by atoms with Gasteiger partial charge in [0.05, 0.1) is 5.02 Å². The Labute approximate surface area is 122 Å². The van der Waals surface area contributed by atoms with Crippen LogP contribution in [-0.2, 0) is 6.54 Å². The zero-order valence-corrected chi connectivity index (χ0v) is 12.7. The number of nitrogens with two attached hydrogens (primary N) is 1. The first-order valence-corrected chi connectivity index (χ1v) is 6.74. The molecule has 0 bridgehead atoms. The summed E-state index contributed by atoms with van der Waals surface area (Å²) in [5, 5.41) is 0.777. The molecule has 0 spiro atoms. The van der Waals surface area contributed by atoms with E-state index in [1.54, 1.807) is 0 Å². The van der Waals surface area contributed by atoms with Crippen LogP contribution >= 0.6 is 39.9 Å². The Morgan fingerprint density at radius 1 is 1.47 bits per heavy atom. The highest BCUT2D eigenvalue weighted by Gasteiger charge is 2.16. The molecule has 96 valence electrons. The number of benzene rings is 1. The number of likely N-dealkylation sites (tertiary alicyclic amines) is 1. The van der Waals surface area contributed by atoms with Gasteiger partial charge in [-0.25, -0.2) is 0 Å². The Morgan fingerprint density at radius 3 is 2.88 bits per heavy atom. The fourth-order valence-corrected chi connectivity index (χ4v) is 2.58. The predicted molar refractivity (Wildman–Crippen MR) is 78.9 cm³/mol. The first-order chi connectivity index (χ1) is 7.65. The highest BCUT2D eigenvalue weighted by atomic mass is 79.9. The summed E-state index contributed by atoms with van der Waals surface area (Å²) in [5.74, 6) is 0. The van der Waals surface area contributed by atoms with E-state index in [1.165, 1.54) is 12.0 Å². The fraction of sp³-hybridized carbons (Fsp3) is 0.500. The highest BCUT2D eigenvalue weighted by molar-refractivity contribution is 9.10. The monoisotopic (exact) mass is 338 g/mol. The van der Waals surface area contributed by atoms with Crippen molar-refractivity contribution in [3.8, 4) is 0 Å². The summed E-state index contributed by atoms with van der Waals surface area (Å²) in [4.78, 5) is 2.40. The molecular weight excluding hydrogens is 323 g/mol. The van der Waals surface area contributed by atoms with E-state index in [2.05, 4.69) is 26.9 Å². The normalized spacial score (nSPS) is 21.0. The summed E-state index contributed by atoms with van der Waals surface area (Å²) in [6, 6.07) is 6.46. The molecule has 1 saturated heterocycles. The average molecular weight is 340 g/mol. The maximum atomic E-state index is 6.07. The average Bonchev–Trinajstić information content (AvgIpc) is 2.24. The molecule has 0 amide bonds. The molecule has 2 N–H and O–H groups in total. The minimum Gasteiger partial charge on any atom is -0.327 e. The zero-order chi connectivity index (χ0) is 11.5. The lowest BCUT2D eigenvalue weighted by molar-refractivity contribution is 0.201. The molecule has 1 aromatic carbocycles. The number of rotatable bonds is 2. The first-order valence-electron chi connectivity index (χ1n) is 5.57. The van der Waals surface area contributed by atoms with Crippen molar-refractivity contribution in [3.63, 3.8) is 0 Å². The number of hydrogen-bond donors (Lipinski definition) is 1. The van der Waals surface area contributed by atoms with Gasteiger partial charge in [-0.3, -0.25) is 4.90 Å². The van der Waals surface area contributed by atoms with Crippen LogP contribution in [-0.4, -0.2) is 24.0 Å². The third-order valence-corrected chi connectivity index (χ3v) is 4.16. The van der Waals surface area contributed by atoms with Crippen LogP contribution in [0.2, 0.25) is 5.02 Å².